The molecule has 0 aromatic heterocycles. The SMILES string of the molecule is CC[NH+](CC)c1ccccc1.Fc1cc(F)c([B-](c2c(F)cc(F)c(F)c2F)(c2c(F)cc(F)c(F)c2F)c2c(F)cc(F)c(F)c2F)c(F)c1F. The Morgan fingerprint density at radius 3 is 0.846 bits per heavy atom. The average Bonchev–Trinajstić information content (AvgIpc) is 3.09. The lowest BCUT2D eigenvalue weighted by molar-refractivity contribution is -0.828. The smallest absolute Gasteiger partial charge is 0.191 e. The molecule has 0 fully saturated rings. The predicted molar refractivity (Wildman–Crippen MR) is 158 cm³/mol. The first-order chi connectivity index (χ1) is 24.4. The van der Waals surface area contributed by atoms with Crippen molar-refractivity contribution < 1.29 is 75.1 Å². The lowest BCUT2D eigenvalue weighted by atomic mass is 9.12. The van der Waals surface area contributed by atoms with Crippen molar-refractivity contribution in [3.63, 3.8) is 0 Å². The minimum atomic E-state index is -6.18. The third-order valence-electron chi connectivity index (χ3n) is 8.37. The standard InChI is InChI=1S/C24H4BF16.C10H15N/c26-5-1-9(30)17(34)21(38)13(5)25(14-6(27)2-10(31)18(35)22(14)39,15-7(28)3-11(32)19(36)23(15)40)16-8(29)4-12(33)20(37)24(16)41;1-3-11(4-2)10-8-6-5-7-9-10/h1-4H;5-9H,3-4H2,1-2H3/q-1;/p+1. The predicted octanol–water partition coefficient (Wildman–Crippen LogP) is 6.53. The molecule has 0 atom stereocenters. The number of hydrogen-bond donors (Lipinski definition) is 1. The molecule has 0 aliphatic heterocycles. The molecule has 0 bridgehead atoms. The van der Waals surface area contributed by atoms with E-state index in [1.54, 1.807) is 4.90 Å². The molecule has 0 amide bonds. The maximum atomic E-state index is 15.3. The largest absolute Gasteiger partial charge is 0.303 e. The molecule has 0 heterocycles. The van der Waals surface area contributed by atoms with Crippen molar-refractivity contribution in [1.82, 2.24) is 0 Å². The van der Waals surface area contributed by atoms with Crippen LogP contribution in [0.4, 0.5) is 75.9 Å². The van der Waals surface area contributed by atoms with Gasteiger partial charge >= 0.3 is 0 Å². The maximum absolute atomic E-state index is 15.3. The molecule has 0 saturated carbocycles. The Balaban J connectivity index is 0.000000470. The maximum Gasteiger partial charge on any atom is 0.191 e. The summed E-state index contributed by atoms with van der Waals surface area (Å²) < 4.78 is 235. The van der Waals surface area contributed by atoms with Gasteiger partial charge in [-0.25, -0.2) is 70.2 Å². The van der Waals surface area contributed by atoms with Crippen LogP contribution in [-0.2, 0) is 0 Å². The molecule has 0 spiro atoms. The van der Waals surface area contributed by atoms with E-state index in [-0.39, 0.29) is 0 Å². The molecular formula is C34H20BF16N. The van der Waals surface area contributed by atoms with E-state index in [2.05, 4.69) is 44.2 Å². The van der Waals surface area contributed by atoms with Crippen molar-refractivity contribution >= 4 is 33.7 Å². The van der Waals surface area contributed by atoms with Gasteiger partial charge < -0.3 is 4.90 Å². The molecule has 0 radical (unpaired) electrons. The first kappa shape index (κ1) is 39.8. The van der Waals surface area contributed by atoms with Gasteiger partial charge in [0.25, 0.3) is 0 Å². The van der Waals surface area contributed by atoms with Crippen LogP contribution in [0.15, 0.2) is 54.6 Å². The van der Waals surface area contributed by atoms with Crippen molar-refractivity contribution in [3.05, 3.63) is 148 Å². The molecule has 0 aliphatic carbocycles. The Labute approximate surface area is 283 Å². The van der Waals surface area contributed by atoms with E-state index in [1.165, 1.54) is 18.8 Å². The van der Waals surface area contributed by atoms with Crippen LogP contribution < -0.4 is 26.8 Å². The fourth-order valence-electron chi connectivity index (χ4n) is 6.11. The van der Waals surface area contributed by atoms with E-state index in [4.69, 9.17) is 0 Å². The Hall–Kier alpha value is -5.00. The van der Waals surface area contributed by atoms with Gasteiger partial charge in [-0.2, -0.15) is 0 Å². The Morgan fingerprint density at radius 1 is 0.365 bits per heavy atom. The van der Waals surface area contributed by atoms with Gasteiger partial charge in [0.05, 0.1) is 36.4 Å². The molecule has 1 nitrogen and oxygen atoms in total. The highest BCUT2D eigenvalue weighted by atomic mass is 19.2. The minimum absolute atomic E-state index is 0.731. The molecule has 18 heteroatoms. The van der Waals surface area contributed by atoms with E-state index < -0.39 is 145 Å². The highest BCUT2D eigenvalue weighted by molar-refractivity contribution is 7.20. The Morgan fingerprint density at radius 2 is 0.615 bits per heavy atom. The number of hydrogen-bond acceptors (Lipinski definition) is 0. The third-order valence-corrected chi connectivity index (χ3v) is 8.37. The summed E-state index contributed by atoms with van der Waals surface area (Å²) in [6.07, 6.45) is -6.18. The van der Waals surface area contributed by atoms with Crippen molar-refractivity contribution in [2.75, 3.05) is 13.1 Å². The van der Waals surface area contributed by atoms with Crippen molar-refractivity contribution in [2.24, 2.45) is 0 Å². The molecule has 5 rings (SSSR count). The van der Waals surface area contributed by atoms with E-state index in [1.807, 2.05) is 0 Å². The average molecular weight is 757 g/mol. The fourth-order valence-corrected chi connectivity index (χ4v) is 6.11. The summed E-state index contributed by atoms with van der Waals surface area (Å²) in [6, 6.07) is 7.70. The number of nitrogens with one attached hydrogen (secondary N) is 1. The van der Waals surface area contributed by atoms with Crippen LogP contribution in [0.2, 0.25) is 0 Å². The number of para-hydroxylation sites is 1. The summed E-state index contributed by atoms with van der Waals surface area (Å²) >= 11 is 0. The molecule has 0 unspecified atom stereocenters. The van der Waals surface area contributed by atoms with E-state index in [0.717, 1.165) is 0 Å². The van der Waals surface area contributed by atoms with Crippen molar-refractivity contribution in [1.29, 1.82) is 0 Å². The van der Waals surface area contributed by atoms with Gasteiger partial charge in [0.2, 0.25) is 0 Å². The number of halogens is 16. The summed E-state index contributed by atoms with van der Waals surface area (Å²) in [5.41, 5.74) is -9.54. The molecular weight excluding hydrogens is 737 g/mol. The topological polar surface area (TPSA) is 4.44 Å². The van der Waals surface area contributed by atoms with E-state index in [0.29, 0.717) is 0 Å². The lowest BCUT2D eigenvalue weighted by Gasteiger charge is -2.44. The number of benzene rings is 5. The summed E-state index contributed by atoms with van der Waals surface area (Å²) in [4.78, 5) is 1.55. The highest BCUT2D eigenvalue weighted by Gasteiger charge is 2.49. The zero-order valence-corrected chi connectivity index (χ0v) is 26.2. The van der Waals surface area contributed by atoms with Crippen LogP contribution in [0.3, 0.4) is 0 Å². The molecule has 0 aliphatic rings. The second-order valence-corrected chi connectivity index (χ2v) is 11.1. The quantitative estimate of drug-likeness (QED) is 0.0835. The van der Waals surface area contributed by atoms with Crippen LogP contribution in [0, 0.1) is 93.1 Å². The van der Waals surface area contributed by atoms with Crippen LogP contribution in [0.5, 0.6) is 0 Å². The summed E-state index contributed by atoms with van der Waals surface area (Å²) in [5, 5.41) is 0. The van der Waals surface area contributed by atoms with Crippen LogP contribution in [0.25, 0.3) is 0 Å². The van der Waals surface area contributed by atoms with Gasteiger partial charge in [-0.1, -0.05) is 18.2 Å². The fraction of sp³-hybridized carbons (Fsp3) is 0.118. The first-order valence-corrected chi connectivity index (χ1v) is 14.8. The Kier molecular flexibility index (Phi) is 11.7. The number of quaternary nitrogens is 1. The molecule has 0 saturated heterocycles. The van der Waals surface area contributed by atoms with Gasteiger partial charge in [-0.15, -0.1) is 21.9 Å². The van der Waals surface area contributed by atoms with Gasteiger partial charge in [-0.05, 0) is 26.0 Å². The second-order valence-electron chi connectivity index (χ2n) is 11.1. The second kappa shape index (κ2) is 15.3. The van der Waals surface area contributed by atoms with Crippen LogP contribution in [0.1, 0.15) is 13.8 Å². The molecule has 52 heavy (non-hydrogen) atoms. The molecule has 5 aromatic rings. The van der Waals surface area contributed by atoms with Gasteiger partial charge in [-0.3, -0.25) is 0 Å². The first-order valence-electron chi connectivity index (χ1n) is 14.8. The normalized spacial score (nSPS) is 11.6. The Bertz CT molecular complexity index is 1900. The molecule has 5 aromatic carbocycles. The van der Waals surface area contributed by atoms with E-state index in [9.17, 15) is 35.1 Å². The zero-order chi connectivity index (χ0) is 39.0. The minimum Gasteiger partial charge on any atom is -0.303 e. The van der Waals surface area contributed by atoms with Crippen molar-refractivity contribution in [3.8, 4) is 0 Å². The highest BCUT2D eigenvalue weighted by Crippen LogP contribution is 2.27. The summed E-state index contributed by atoms with van der Waals surface area (Å²) in [5.74, 6) is -45.1. The van der Waals surface area contributed by atoms with Crippen LogP contribution in [-0.4, -0.2) is 19.2 Å². The molecule has 1 N–H and O–H groups in total. The lowest BCUT2D eigenvalue weighted by Crippen LogP contribution is -3.06. The van der Waals surface area contributed by atoms with E-state index >= 15 is 35.1 Å². The number of rotatable bonds is 7. The monoisotopic (exact) mass is 757 g/mol. The van der Waals surface area contributed by atoms with Gasteiger partial charge in [0.1, 0.15) is 35.1 Å². The van der Waals surface area contributed by atoms with Gasteiger partial charge in [0.15, 0.2) is 46.5 Å². The van der Waals surface area contributed by atoms with Crippen LogP contribution >= 0.6 is 0 Å². The third kappa shape index (κ3) is 6.59. The van der Waals surface area contributed by atoms with Crippen molar-refractivity contribution in [2.45, 2.75) is 13.8 Å². The molecule has 276 valence electrons. The zero-order valence-electron chi connectivity index (χ0n) is 26.2. The summed E-state index contributed by atoms with van der Waals surface area (Å²) in [6.45, 7) is 6.76. The summed E-state index contributed by atoms with van der Waals surface area (Å²) in [7, 11) is 0. The van der Waals surface area contributed by atoms with Gasteiger partial charge in [0, 0.05) is 24.3 Å².